The first-order valence-electron chi connectivity index (χ1n) is 15.1. The molecule has 0 saturated carbocycles. The fourth-order valence-corrected chi connectivity index (χ4v) is 5.57. The van der Waals surface area contributed by atoms with Crippen LogP contribution in [0.3, 0.4) is 0 Å². The van der Waals surface area contributed by atoms with Crippen molar-refractivity contribution < 1.29 is 5.11 Å². The molecule has 0 saturated heterocycles. The van der Waals surface area contributed by atoms with Crippen LogP contribution in [-0.2, 0) is 0 Å². The standard InChI is InChI=1S/C40H54O/c1-30(19-13-21-32(3)25-26-36-34(5)23-15-27-39(36,7)8)17-11-12-18-31(2)20-14-22-33(4)29-37(41)38-35(6)24-16-28-40(38,9)10/h11-14,16-26,29,37,41H,15,27-28H2,1-10H3/b17-11+,18-12+,21-13+,22-14+,30-19+,31-20+,32-25+,33-29+,36-26+. The third kappa shape index (κ3) is 11.3. The van der Waals surface area contributed by atoms with Gasteiger partial charge in [-0.15, -0.1) is 0 Å². The van der Waals surface area contributed by atoms with E-state index in [1.54, 1.807) is 0 Å². The van der Waals surface area contributed by atoms with Crippen LogP contribution in [0.1, 0.15) is 88.5 Å². The van der Waals surface area contributed by atoms with Gasteiger partial charge in [0.25, 0.3) is 0 Å². The SMILES string of the molecule is CC1=CCCC(C)(C)/C1=C/C=C(C)/C=C/C=C(C)/C=C/C=C/C(C)=C/C=C/C(C)=C/C(O)C1=C(C)C=CCC1(C)C. The van der Waals surface area contributed by atoms with Gasteiger partial charge in [0.05, 0.1) is 6.10 Å². The molecule has 1 heteroatoms. The summed E-state index contributed by atoms with van der Waals surface area (Å²) < 4.78 is 0. The Labute approximate surface area is 251 Å². The molecule has 2 aliphatic carbocycles. The van der Waals surface area contributed by atoms with Gasteiger partial charge in [-0.2, -0.15) is 0 Å². The van der Waals surface area contributed by atoms with Crippen molar-refractivity contribution in [2.24, 2.45) is 10.8 Å². The van der Waals surface area contributed by atoms with Crippen LogP contribution in [-0.4, -0.2) is 11.2 Å². The first-order valence-corrected chi connectivity index (χ1v) is 15.1. The summed E-state index contributed by atoms with van der Waals surface area (Å²) in [6.45, 7) is 21.8. The summed E-state index contributed by atoms with van der Waals surface area (Å²) in [7, 11) is 0. The molecule has 41 heavy (non-hydrogen) atoms. The average Bonchev–Trinajstić information content (AvgIpc) is 2.85. The fourth-order valence-electron chi connectivity index (χ4n) is 5.57. The van der Waals surface area contributed by atoms with Gasteiger partial charge in [0, 0.05) is 0 Å². The summed E-state index contributed by atoms with van der Waals surface area (Å²) >= 11 is 0. The maximum atomic E-state index is 10.9. The van der Waals surface area contributed by atoms with Crippen molar-refractivity contribution in [2.75, 3.05) is 0 Å². The summed E-state index contributed by atoms with van der Waals surface area (Å²) in [6, 6.07) is 0. The van der Waals surface area contributed by atoms with Crippen molar-refractivity contribution in [3.8, 4) is 0 Å². The van der Waals surface area contributed by atoms with E-state index < -0.39 is 6.10 Å². The van der Waals surface area contributed by atoms with Crippen molar-refractivity contribution in [1.82, 2.24) is 0 Å². The predicted molar refractivity (Wildman–Crippen MR) is 183 cm³/mol. The Balaban J connectivity index is 1.91. The van der Waals surface area contributed by atoms with Gasteiger partial charge in [-0.05, 0) is 94.4 Å². The molecular formula is C40H54O. The molecule has 0 radical (unpaired) electrons. The van der Waals surface area contributed by atoms with Gasteiger partial charge in [-0.25, -0.2) is 0 Å². The lowest BCUT2D eigenvalue weighted by Crippen LogP contribution is -2.26. The average molecular weight is 551 g/mol. The first kappa shape index (κ1) is 34.0. The molecule has 0 spiro atoms. The molecule has 0 aromatic heterocycles. The largest absolute Gasteiger partial charge is 0.385 e. The van der Waals surface area contributed by atoms with Crippen molar-refractivity contribution in [2.45, 2.75) is 94.6 Å². The lowest BCUT2D eigenvalue weighted by molar-refractivity contribution is 0.220. The maximum absolute atomic E-state index is 10.9. The van der Waals surface area contributed by atoms with Gasteiger partial charge in [0.15, 0.2) is 0 Å². The number of hydrogen-bond acceptors (Lipinski definition) is 1. The Kier molecular flexibility index (Phi) is 13.1. The first-order chi connectivity index (χ1) is 19.2. The van der Waals surface area contributed by atoms with Crippen LogP contribution in [0.25, 0.3) is 0 Å². The molecule has 0 aromatic rings. The van der Waals surface area contributed by atoms with Crippen LogP contribution in [0.4, 0.5) is 0 Å². The number of aliphatic hydroxyl groups excluding tert-OH is 1. The Morgan fingerprint density at radius 3 is 1.85 bits per heavy atom. The molecule has 2 rings (SSSR count). The van der Waals surface area contributed by atoms with Crippen molar-refractivity contribution >= 4 is 0 Å². The van der Waals surface area contributed by atoms with Crippen LogP contribution in [0.15, 0.2) is 142 Å². The smallest absolute Gasteiger partial charge is 0.0948 e. The highest BCUT2D eigenvalue weighted by Crippen LogP contribution is 2.40. The molecule has 1 nitrogen and oxygen atoms in total. The maximum Gasteiger partial charge on any atom is 0.0948 e. The second-order valence-corrected chi connectivity index (χ2v) is 13.0. The van der Waals surface area contributed by atoms with E-state index in [1.165, 1.54) is 46.3 Å². The zero-order chi connectivity index (χ0) is 30.6. The third-order valence-corrected chi connectivity index (χ3v) is 8.02. The fraction of sp³-hybridized carbons (Fsp3) is 0.400. The summed E-state index contributed by atoms with van der Waals surface area (Å²) in [6.07, 6.45) is 36.9. The van der Waals surface area contributed by atoms with E-state index in [-0.39, 0.29) is 10.8 Å². The van der Waals surface area contributed by atoms with Gasteiger partial charge in [-0.3, -0.25) is 0 Å². The molecule has 1 unspecified atom stereocenters. The van der Waals surface area contributed by atoms with Gasteiger partial charge in [-0.1, -0.05) is 147 Å². The molecular weight excluding hydrogens is 496 g/mol. The van der Waals surface area contributed by atoms with E-state index in [0.29, 0.717) is 0 Å². The van der Waals surface area contributed by atoms with Gasteiger partial charge in [0.1, 0.15) is 0 Å². The van der Waals surface area contributed by atoms with E-state index in [0.717, 1.165) is 17.6 Å². The van der Waals surface area contributed by atoms with Crippen LogP contribution in [0, 0.1) is 10.8 Å². The number of rotatable bonds is 10. The number of hydrogen-bond donors (Lipinski definition) is 1. The van der Waals surface area contributed by atoms with Crippen LogP contribution in [0.2, 0.25) is 0 Å². The molecule has 2 aliphatic rings. The summed E-state index contributed by atoms with van der Waals surface area (Å²) in [5.74, 6) is 0. The Hall–Kier alpha value is -3.16. The highest BCUT2D eigenvalue weighted by Gasteiger charge is 2.30. The summed E-state index contributed by atoms with van der Waals surface area (Å²) in [5, 5.41) is 10.9. The Morgan fingerprint density at radius 1 is 0.756 bits per heavy atom. The zero-order valence-electron chi connectivity index (χ0n) is 27.4. The lowest BCUT2D eigenvalue weighted by Gasteiger charge is -2.33. The van der Waals surface area contributed by atoms with Crippen LogP contribution in [0.5, 0.6) is 0 Å². The molecule has 0 aliphatic heterocycles. The molecule has 0 fully saturated rings. The molecule has 1 N–H and O–H groups in total. The highest BCUT2D eigenvalue weighted by atomic mass is 16.3. The zero-order valence-corrected chi connectivity index (χ0v) is 27.4. The monoisotopic (exact) mass is 550 g/mol. The van der Waals surface area contributed by atoms with Gasteiger partial charge >= 0.3 is 0 Å². The van der Waals surface area contributed by atoms with E-state index in [4.69, 9.17) is 0 Å². The molecule has 0 bridgehead atoms. The van der Waals surface area contributed by atoms with E-state index in [2.05, 4.69) is 147 Å². The molecule has 220 valence electrons. The number of aliphatic hydroxyl groups is 1. The van der Waals surface area contributed by atoms with E-state index >= 15 is 0 Å². The van der Waals surface area contributed by atoms with E-state index in [9.17, 15) is 5.11 Å². The minimum absolute atomic E-state index is 0.0194. The molecule has 0 heterocycles. The summed E-state index contributed by atoms with van der Waals surface area (Å²) in [5.41, 5.74) is 10.0. The van der Waals surface area contributed by atoms with Gasteiger partial charge in [0.2, 0.25) is 0 Å². The third-order valence-electron chi connectivity index (χ3n) is 8.02. The van der Waals surface area contributed by atoms with Crippen LogP contribution >= 0.6 is 0 Å². The Morgan fingerprint density at radius 2 is 1.29 bits per heavy atom. The quantitative estimate of drug-likeness (QED) is 0.268. The number of allylic oxidation sites excluding steroid dienone is 22. The van der Waals surface area contributed by atoms with Crippen molar-refractivity contribution in [3.63, 3.8) is 0 Å². The highest BCUT2D eigenvalue weighted by molar-refractivity contribution is 5.41. The minimum atomic E-state index is -0.561. The second-order valence-electron chi connectivity index (χ2n) is 13.0. The predicted octanol–water partition coefficient (Wildman–Crippen LogP) is 11.4. The topological polar surface area (TPSA) is 20.2 Å². The summed E-state index contributed by atoms with van der Waals surface area (Å²) in [4.78, 5) is 0. The molecule has 0 aromatic carbocycles. The van der Waals surface area contributed by atoms with Crippen molar-refractivity contribution in [1.29, 1.82) is 0 Å². The molecule has 0 amide bonds. The van der Waals surface area contributed by atoms with Crippen LogP contribution < -0.4 is 0 Å². The second kappa shape index (κ2) is 15.7. The Bertz CT molecular complexity index is 1300. The minimum Gasteiger partial charge on any atom is -0.385 e. The van der Waals surface area contributed by atoms with Crippen molar-refractivity contribution in [3.05, 3.63) is 142 Å². The normalized spacial score (nSPS) is 22.7. The molecule has 1 atom stereocenters. The van der Waals surface area contributed by atoms with Gasteiger partial charge < -0.3 is 5.11 Å². The van der Waals surface area contributed by atoms with E-state index in [1.807, 2.05) is 19.1 Å². The lowest BCUT2D eigenvalue weighted by atomic mass is 9.73.